The van der Waals surface area contributed by atoms with Crippen LogP contribution in [0.1, 0.15) is 49.9 Å². The van der Waals surface area contributed by atoms with E-state index in [1.807, 2.05) is 18.7 Å². The van der Waals surface area contributed by atoms with Crippen molar-refractivity contribution >= 4 is 24.1 Å². The van der Waals surface area contributed by atoms with Gasteiger partial charge in [-0.05, 0) is 42.9 Å². The van der Waals surface area contributed by atoms with E-state index in [0.717, 1.165) is 39.0 Å². The minimum atomic E-state index is -0.0298. The molecule has 2 fully saturated rings. The van der Waals surface area contributed by atoms with Crippen molar-refractivity contribution in [2.45, 2.75) is 39.5 Å². The Hall–Kier alpha value is -1.79. The van der Waals surface area contributed by atoms with Crippen LogP contribution in [0.5, 0.6) is 11.5 Å². The van der Waals surface area contributed by atoms with Crippen molar-refractivity contribution in [1.82, 2.24) is 10.2 Å². The van der Waals surface area contributed by atoms with Crippen LogP contribution >= 0.6 is 12.4 Å². The van der Waals surface area contributed by atoms with Crippen LogP contribution in [-0.2, 0) is 4.79 Å². The highest BCUT2D eigenvalue weighted by atomic mass is 35.5. The molecular formula is C22H33ClN2O4. The Balaban J connectivity index is 0.00000300. The van der Waals surface area contributed by atoms with Gasteiger partial charge in [0.15, 0.2) is 17.3 Å². The molecule has 0 radical (unpaired) electrons. The quantitative estimate of drug-likeness (QED) is 0.583. The summed E-state index contributed by atoms with van der Waals surface area (Å²) in [6, 6.07) is 5.31. The fourth-order valence-corrected chi connectivity index (χ4v) is 3.92. The van der Waals surface area contributed by atoms with E-state index in [-0.39, 0.29) is 36.9 Å². The van der Waals surface area contributed by atoms with Crippen LogP contribution in [0.25, 0.3) is 0 Å². The second-order valence-corrected chi connectivity index (χ2v) is 7.76. The van der Waals surface area contributed by atoms with Gasteiger partial charge < -0.3 is 19.7 Å². The third-order valence-corrected chi connectivity index (χ3v) is 5.50. The molecule has 1 N–H and O–H groups in total. The molecule has 162 valence electrons. The Morgan fingerprint density at radius 3 is 2.24 bits per heavy atom. The number of nitrogens with zero attached hydrogens (tertiary/aromatic N) is 1. The molecule has 29 heavy (non-hydrogen) atoms. The zero-order valence-corrected chi connectivity index (χ0v) is 18.3. The monoisotopic (exact) mass is 424 g/mol. The number of halogens is 1. The standard InChI is InChI=1S/C22H32N2O4.ClH/c1-3-9-27-20-7-5-16(11-21(20)28-10-4-2)19(25)6-8-22(26)24-14-17-12-23-13-18(17)15-24;/h5,7,11,17-18,23H,3-4,6,8-10,12-15H2,1-2H3;1H/t17-,18+;. The van der Waals surface area contributed by atoms with Crippen LogP contribution < -0.4 is 14.8 Å². The van der Waals surface area contributed by atoms with E-state index in [4.69, 9.17) is 9.47 Å². The SMILES string of the molecule is CCCOc1ccc(C(=O)CCC(=O)N2C[C@H]3CNC[C@H]3C2)cc1OCCC.Cl. The molecule has 0 unspecified atom stereocenters. The van der Waals surface area contributed by atoms with Gasteiger partial charge in [-0.1, -0.05) is 13.8 Å². The third kappa shape index (κ3) is 6.09. The molecule has 1 aromatic rings. The van der Waals surface area contributed by atoms with Crippen molar-refractivity contribution in [2.24, 2.45) is 11.8 Å². The molecule has 2 heterocycles. The van der Waals surface area contributed by atoms with E-state index in [1.54, 1.807) is 18.2 Å². The molecule has 0 spiro atoms. The maximum absolute atomic E-state index is 12.6. The topological polar surface area (TPSA) is 67.9 Å². The summed E-state index contributed by atoms with van der Waals surface area (Å²) in [5.41, 5.74) is 0.574. The van der Waals surface area contributed by atoms with E-state index < -0.39 is 0 Å². The van der Waals surface area contributed by atoms with Gasteiger partial charge in [0.2, 0.25) is 5.91 Å². The predicted molar refractivity (Wildman–Crippen MR) is 115 cm³/mol. The Labute approximate surface area is 179 Å². The summed E-state index contributed by atoms with van der Waals surface area (Å²) in [6.45, 7) is 8.91. The number of likely N-dealkylation sites (tertiary alicyclic amines) is 1. The number of hydrogen-bond donors (Lipinski definition) is 1. The second kappa shape index (κ2) is 11.4. The summed E-state index contributed by atoms with van der Waals surface area (Å²) in [5.74, 6) is 2.49. The largest absolute Gasteiger partial charge is 0.490 e. The van der Waals surface area contributed by atoms with E-state index in [1.165, 1.54) is 0 Å². The number of hydrogen-bond acceptors (Lipinski definition) is 5. The molecule has 1 aromatic carbocycles. The highest BCUT2D eigenvalue weighted by molar-refractivity contribution is 5.98. The second-order valence-electron chi connectivity index (χ2n) is 7.76. The predicted octanol–water partition coefficient (Wildman–Crippen LogP) is 3.33. The number of carbonyl (C=O) groups is 2. The normalized spacial score (nSPS) is 20.1. The maximum Gasteiger partial charge on any atom is 0.223 e. The van der Waals surface area contributed by atoms with Crippen molar-refractivity contribution in [2.75, 3.05) is 39.4 Å². The van der Waals surface area contributed by atoms with Crippen molar-refractivity contribution in [3.05, 3.63) is 23.8 Å². The first kappa shape index (κ1) is 23.5. The number of nitrogens with one attached hydrogen (secondary N) is 1. The molecule has 7 heteroatoms. The number of rotatable bonds is 10. The Morgan fingerprint density at radius 1 is 1.00 bits per heavy atom. The molecule has 2 aliphatic rings. The van der Waals surface area contributed by atoms with Gasteiger partial charge in [-0.2, -0.15) is 0 Å². The van der Waals surface area contributed by atoms with Gasteiger partial charge in [0.1, 0.15) is 0 Å². The number of carbonyl (C=O) groups excluding carboxylic acids is 2. The van der Waals surface area contributed by atoms with Crippen LogP contribution in [0, 0.1) is 11.8 Å². The molecule has 1 amide bonds. The number of benzene rings is 1. The van der Waals surface area contributed by atoms with Crippen molar-refractivity contribution in [1.29, 1.82) is 0 Å². The Kier molecular flexibility index (Phi) is 9.24. The molecule has 3 rings (SSSR count). The fraction of sp³-hybridized carbons (Fsp3) is 0.636. The lowest BCUT2D eigenvalue weighted by Crippen LogP contribution is -2.32. The minimum Gasteiger partial charge on any atom is -0.490 e. The van der Waals surface area contributed by atoms with Gasteiger partial charge in [0, 0.05) is 44.6 Å². The van der Waals surface area contributed by atoms with Crippen molar-refractivity contribution < 1.29 is 19.1 Å². The molecule has 2 saturated heterocycles. The molecule has 0 aliphatic carbocycles. The first-order valence-corrected chi connectivity index (χ1v) is 10.5. The zero-order chi connectivity index (χ0) is 19.9. The maximum atomic E-state index is 12.6. The summed E-state index contributed by atoms with van der Waals surface area (Å²) in [5, 5.41) is 3.38. The molecule has 0 aromatic heterocycles. The van der Waals surface area contributed by atoms with Gasteiger partial charge >= 0.3 is 0 Å². The summed E-state index contributed by atoms with van der Waals surface area (Å²) in [6.07, 6.45) is 2.29. The van der Waals surface area contributed by atoms with Crippen LogP contribution in [0.3, 0.4) is 0 Å². The summed E-state index contributed by atoms with van der Waals surface area (Å²) in [7, 11) is 0. The first-order valence-electron chi connectivity index (χ1n) is 10.5. The molecule has 2 aliphatic heterocycles. The van der Waals surface area contributed by atoms with E-state index in [9.17, 15) is 9.59 Å². The summed E-state index contributed by atoms with van der Waals surface area (Å²) in [4.78, 5) is 27.1. The van der Waals surface area contributed by atoms with Crippen molar-refractivity contribution in [3.8, 4) is 11.5 Å². The van der Waals surface area contributed by atoms with E-state index >= 15 is 0 Å². The van der Waals surface area contributed by atoms with Gasteiger partial charge in [-0.3, -0.25) is 9.59 Å². The lowest BCUT2D eigenvalue weighted by Gasteiger charge is -2.17. The molecule has 6 nitrogen and oxygen atoms in total. The van der Waals surface area contributed by atoms with Crippen LogP contribution in [0.4, 0.5) is 0 Å². The lowest BCUT2D eigenvalue weighted by atomic mass is 10.0. The number of fused-ring (bicyclic) bond motifs is 1. The van der Waals surface area contributed by atoms with Gasteiger partial charge in [0.25, 0.3) is 0 Å². The highest BCUT2D eigenvalue weighted by Crippen LogP contribution is 2.30. The molecular weight excluding hydrogens is 392 g/mol. The molecule has 2 atom stereocenters. The number of amides is 1. The average Bonchev–Trinajstić information content (AvgIpc) is 3.31. The van der Waals surface area contributed by atoms with Crippen LogP contribution in [0.2, 0.25) is 0 Å². The van der Waals surface area contributed by atoms with Crippen LogP contribution in [-0.4, -0.2) is 56.0 Å². The van der Waals surface area contributed by atoms with Crippen LogP contribution in [0.15, 0.2) is 18.2 Å². The Morgan fingerprint density at radius 2 is 1.62 bits per heavy atom. The smallest absolute Gasteiger partial charge is 0.223 e. The summed E-state index contributed by atoms with van der Waals surface area (Å²) < 4.78 is 11.5. The Bertz CT molecular complexity index is 685. The van der Waals surface area contributed by atoms with Crippen molar-refractivity contribution in [3.63, 3.8) is 0 Å². The number of Topliss-reactive ketones (excluding diaryl/α,β-unsaturated/α-hetero) is 1. The zero-order valence-electron chi connectivity index (χ0n) is 17.4. The summed E-state index contributed by atoms with van der Waals surface area (Å²) >= 11 is 0. The average molecular weight is 425 g/mol. The molecule has 0 bridgehead atoms. The third-order valence-electron chi connectivity index (χ3n) is 5.50. The van der Waals surface area contributed by atoms with Gasteiger partial charge in [-0.25, -0.2) is 0 Å². The van der Waals surface area contributed by atoms with E-state index in [0.29, 0.717) is 42.1 Å². The minimum absolute atomic E-state index is 0. The molecule has 0 saturated carbocycles. The first-order chi connectivity index (χ1) is 13.6. The number of ether oxygens (including phenoxy) is 2. The lowest BCUT2D eigenvalue weighted by molar-refractivity contribution is -0.130. The highest BCUT2D eigenvalue weighted by Gasteiger charge is 2.37. The van der Waals surface area contributed by atoms with Gasteiger partial charge in [0.05, 0.1) is 13.2 Å². The number of ketones is 1. The fourth-order valence-electron chi connectivity index (χ4n) is 3.92. The van der Waals surface area contributed by atoms with E-state index in [2.05, 4.69) is 5.32 Å². The van der Waals surface area contributed by atoms with Gasteiger partial charge in [-0.15, -0.1) is 12.4 Å².